The predicted octanol–water partition coefficient (Wildman–Crippen LogP) is 3.00. The summed E-state index contributed by atoms with van der Waals surface area (Å²) in [6, 6.07) is 0.176. The number of hydrogen-bond acceptors (Lipinski definition) is 2. The molecule has 3 unspecified atom stereocenters. The van der Waals surface area contributed by atoms with Gasteiger partial charge in [-0.3, -0.25) is 4.79 Å². The molecule has 5 nitrogen and oxygen atoms in total. The Morgan fingerprint density at radius 3 is 2.38 bits per heavy atom. The molecular weight excluding hydrogens is 268 g/mol. The van der Waals surface area contributed by atoms with Crippen LogP contribution in [0.1, 0.15) is 59.8 Å². The van der Waals surface area contributed by atoms with Gasteiger partial charge in [-0.15, -0.1) is 0 Å². The van der Waals surface area contributed by atoms with Gasteiger partial charge in [-0.25, -0.2) is 4.79 Å². The van der Waals surface area contributed by atoms with E-state index in [9.17, 15) is 9.59 Å². The first kappa shape index (κ1) is 17.8. The maximum atomic E-state index is 11.9. The predicted molar refractivity (Wildman–Crippen MR) is 83.2 cm³/mol. The van der Waals surface area contributed by atoms with Crippen molar-refractivity contribution in [2.75, 3.05) is 6.54 Å². The first-order chi connectivity index (χ1) is 9.71. The van der Waals surface area contributed by atoms with Crippen LogP contribution in [-0.2, 0) is 4.79 Å². The van der Waals surface area contributed by atoms with Gasteiger partial charge >= 0.3 is 12.0 Å². The van der Waals surface area contributed by atoms with Gasteiger partial charge in [-0.05, 0) is 42.9 Å². The first-order valence-corrected chi connectivity index (χ1v) is 7.97. The van der Waals surface area contributed by atoms with E-state index < -0.39 is 5.97 Å². The highest BCUT2D eigenvalue weighted by molar-refractivity contribution is 5.74. The molecule has 0 saturated heterocycles. The van der Waals surface area contributed by atoms with Crippen LogP contribution >= 0.6 is 0 Å². The molecule has 1 rings (SSSR count). The number of amides is 2. The number of hydrogen-bond donors (Lipinski definition) is 3. The van der Waals surface area contributed by atoms with Crippen molar-refractivity contribution in [2.24, 2.45) is 17.3 Å². The third-order valence-corrected chi connectivity index (χ3v) is 4.88. The van der Waals surface area contributed by atoms with Gasteiger partial charge in [-0.1, -0.05) is 27.7 Å². The Hall–Kier alpha value is -1.26. The zero-order valence-electron chi connectivity index (χ0n) is 13.7. The van der Waals surface area contributed by atoms with Gasteiger partial charge in [0.15, 0.2) is 0 Å². The van der Waals surface area contributed by atoms with Gasteiger partial charge in [0.25, 0.3) is 0 Å². The lowest BCUT2D eigenvalue weighted by molar-refractivity contribution is -0.137. The highest BCUT2D eigenvalue weighted by Crippen LogP contribution is 2.31. The number of carbonyl (C=O) groups excluding carboxylic acids is 1. The van der Waals surface area contributed by atoms with Crippen molar-refractivity contribution in [3.63, 3.8) is 0 Å². The number of urea groups is 1. The molecular formula is C16H30N2O3. The summed E-state index contributed by atoms with van der Waals surface area (Å²) in [4.78, 5) is 22.5. The third kappa shape index (κ3) is 6.36. The average Bonchev–Trinajstić information content (AvgIpc) is 2.68. The molecule has 21 heavy (non-hydrogen) atoms. The molecule has 0 radical (unpaired) electrons. The Balaban J connectivity index is 2.22. The van der Waals surface area contributed by atoms with E-state index in [1.54, 1.807) is 0 Å². The molecule has 0 aliphatic heterocycles. The van der Waals surface area contributed by atoms with E-state index in [2.05, 4.69) is 24.5 Å². The summed E-state index contributed by atoms with van der Waals surface area (Å²) in [5.74, 6) is 0.436. The molecule has 5 heteroatoms. The Bertz CT molecular complexity index is 369. The highest BCUT2D eigenvalue weighted by Gasteiger charge is 2.30. The molecule has 122 valence electrons. The quantitative estimate of drug-likeness (QED) is 0.676. The van der Waals surface area contributed by atoms with Gasteiger partial charge in [0.2, 0.25) is 0 Å². The van der Waals surface area contributed by atoms with Crippen molar-refractivity contribution in [3.8, 4) is 0 Å². The lowest BCUT2D eigenvalue weighted by Crippen LogP contribution is -2.44. The van der Waals surface area contributed by atoms with E-state index in [4.69, 9.17) is 5.11 Å². The first-order valence-electron chi connectivity index (χ1n) is 7.97. The van der Waals surface area contributed by atoms with Gasteiger partial charge < -0.3 is 15.7 Å². The molecule has 3 N–H and O–H groups in total. The number of rotatable bonds is 7. The van der Waals surface area contributed by atoms with Gasteiger partial charge in [0.05, 0.1) is 0 Å². The van der Waals surface area contributed by atoms with Crippen molar-refractivity contribution in [3.05, 3.63) is 0 Å². The minimum atomic E-state index is -0.766. The van der Waals surface area contributed by atoms with Crippen LogP contribution in [-0.4, -0.2) is 29.7 Å². The number of aliphatic carboxylic acids is 1. The van der Waals surface area contributed by atoms with E-state index >= 15 is 0 Å². The van der Waals surface area contributed by atoms with E-state index in [0.29, 0.717) is 24.8 Å². The van der Waals surface area contributed by atoms with Crippen molar-refractivity contribution < 1.29 is 14.7 Å². The van der Waals surface area contributed by atoms with Gasteiger partial charge in [0.1, 0.15) is 0 Å². The fraction of sp³-hybridized carbons (Fsp3) is 0.875. The molecule has 3 atom stereocenters. The largest absolute Gasteiger partial charge is 0.481 e. The molecule has 0 aromatic heterocycles. The smallest absolute Gasteiger partial charge is 0.315 e. The highest BCUT2D eigenvalue weighted by atomic mass is 16.4. The molecule has 2 amide bonds. The SMILES string of the molecule is CC1CCC(NC(=O)NCCC(C)(C)CCC(=O)O)C1C. The minimum Gasteiger partial charge on any atom is -0.481 e. The summed E-state index contributed by atoms with van der Waals surface area (Å²) in [6.07, 6.45) is 3.82. The van der Waals surface area contributed by atoms with Crippen LogP contribution in [0.2, 0.25) is 0 Å². The van der Waals surface area contributed by atoms with Crippen molar-refractivity contribution in [2.45, 2.75) is 65.8 Å². The molecule has 0 aromatic rings. The maximum absolute atomic E-state index is 11.9. The average molecular weight is 298 g/mol. The van der Waals surface area contributed by atoms with Crippen LogP contribution in [0, 0.1) is 17.3 Å². The van der Waals surface area contributed by atoms with Gasteiger partial charge in [-0.2, -0.15) is 0 Å². The molecule has 0 heterocycles. The number of carboxylic acids is 1. The van der Waals surface area contributed by atoms with Crippen molar-refractivity contribution in [1.82, 2.24) is 10.6 Å². The zero-order valence-corrected chi connectivity index (χ0v) is 13.7. The molecule has 1 aliphatic rings. The maximum Gasteiger partial charge on any atom is 0.315 e. The molecule has 0 aromatic carbocycles. The normalized spacial score (nSPS) is 25.6. The van der Waals surface area contributed by atoms with E-state index in [1.807, 2.05) is 13.8 Å². The molecule has 0 bridgehead atoms. The summed E-state index contributed by atoms with van der Waals surface area (Å²) in [5.41, 5.74) is -0.0686. The Morgan fingerprint density at radius 1 is 1.19 bits per heavy atom. The second-order valence-electron chi connectivity index (χ2n) is 7.23. The van der Waals surface area contributed by atoms with E-state index in [0.717, 1.165) is 12.8 Å². The fourth-order valence-electron chi connectivity index (χ4n) is 2.87. The topological polar surface area (TPSA) is 78.4 Å². The second-order valence-corrected chi connectivity index (χ2v) is 7.23. The lowest BCUT2D eigenvalue weighted by Gasteiger charge is -2.24. The van der Waals surface area contributed by atoms with Crippen LogP contribution in [0.25, 0.3) is 0 Å². The number of nitrogens with one attached hydrogen (secondary N) is 2. The second kappa shape index (κ2) is 7.66. The summed E-state index contributed by atoms with van der Waals surface area (Å²) >= 11 is 0. The fourth-order valence-corrected chi connectivity index (χ4v) is 2.87. The van der Waals surface area contributed by atoms with Crippen LogP contribution in [0.15, 0.2) is 0 Å². The lowest BCUT2D eigenvalue weighted by atomic mass is 9.84. The van der Waals surface area contributed by atoms with Gasteiger partial charge in [0, 0.05) is 19.0 Å². The zero-order chi connectivity index (χ0) is 16.0. The summed E-state index contributed by atoms with van der Waals surface area (Å²) < 4.78 is 0. The summed E-state index contributed by atoms with van der Waals surface area (Å²) in [7, 11) is 0. The van der Waals surface area contributed by atoms with E-state index in [1.165, 1.54) is 6.42 Å². The van der Waals surface area contributed by atoms with Crippen molar-refractivity contribution >= 4 is 12.0 Å². The third-order valence-electron chi connectivity index (χ3n) is 4.88. The summed E-state index contributed by atoms with van der Waals surface area (Å²) in [6.45, 7) is 9.08. The number of carbonyl (C=O) groups is 2. The van der Waals surface area contributed by atoms with Crippen LogP contribution in [0.5, 0.6) is 0 Å². The minimum absolute atomic E-state index is 0.0686. The standard InChI is InChI=1S/C16H30N2O3/c1-11-5-6-13(12(11)2)18-15(21)17-10-9-16(3,4)8-7-14(19)20/h11-13H,5-10H2,1-4H3,(H,19,20)(H2,17,18,21). The van der Waals surface area contributed by atoms with Crippen molar-refractivity contribution in [1.29, 1.82) is 0 Å². The monoisotopic (exact) mass is 298 g/mol. The molecule has 1 fully saturated rings. The number of carboxylic acid groups (broad SMARTS) is 1. The van der Waals surface area contributed by atoms with Crippen LogP contribution < -0.4 is 10.6 Å². The van der Waals surface area contributed by atoms with Crippen LogP contribution in [0.4, 0.5) is 4.79 Å². The Kier molecular flexibility index (Phi) is 6.49. The molecule has 0 spiro atoms. The summed E-state index contributed by atoms with van der Waals surface area (Å²) in [5, 5.41) is 14.7. The van der Waals surface area contributed by atoms with E-state index in [-0.39, 0.29) is 23.9 Å². The Morgan fingerprint density at radius 2 is 1.86 bits per heavy atom. The van der Waals surface area contributed by atoms with Crippen LogP contribution in [0.3, 0.4) is 0 Å². The Labute approximate surface area is 127 Å². The molecule has 1 aliphatic carbocycles. The molecule has 1 saturated carbocycles.